The summed E-state index contributed by atoms with van der Waals surface area (Å²) in [7, 11) is 0. The van der Waals surface area contributed by atoms with E-state index < -0.39 is 0 Å². The molecule has 1 fully saturated rings. The van der Waals surface area contributed by atoms with Crippen LogP contribution in [0, 0.1) is 0 Å². The molecular formula is C25H24N6O3. The highest BCUT2D eigenvalue weighted by Gasteiger charge is 2.21. The number of benzene rings is 2. The normalized spacial score (nSPS) is 17.6. The van der Waals surface area contributed by atoms with Crippen LogP contribution in [0.1, 0.15) is 5.56 Å². The molecule has 2 aliphatic heterocycles. The van der Waals surface area contributed by atoms with Crippen LogP contribution < -0.4 is 15.5 Å². The van der Waals surface area contributed by atoms with Crippen molar-refractivity contribution in [3.05, 3.63) is 66.6 Å². The minimum atomic E-state index is -0.153. The van der Waals surface area contributed by atoms with Gasteiger partial charge in [-0.15, -0.1) is 0 Å². The summed E-state index contributed by atoms with van der Waals surface area (Å²) in [5, 5.41) is 15.7. The third-order valence-corrected chi connectivity index (χ3v) is 6.24. The molecule has 6 rings (SSSR count). The van der Waals surface area contributed by atoms with Crippen LogP contribution in [0.2, 0.25) is 0 Å². The van der Waals surface area contributed by atoms with Gasteiger partial charge in [0.15, 0.2) is 11.5 Å². The number of morpholine rings is 1. The van der Waals surface area contributed by atoms with Gasteiger partial charge in [0.1, 0.15) is 0 Å². The molecule has 3 N–H and O–H groups in total. The Kier molecular flexibility index (Phi) is 5.12. The van der Waals surface area contributed by atoms with E-state index in [1.807, 2.05) is 47.1 Å². The molecule has 0 spiro atoms. The Morgan fingerprint density at radius 2 is 2.09 bits per heavy atom. The molecule has 34 heavy (non-hydrogen) atoms. The van der Waals surface area contributed by atoms with Crippen LogP contribution in [0.5, 0.6) is 0 Å². The van der Waals surface area contributed by atoms with E-state index in [1.54, 1.807) is 6.20 Å². The minimum Gasteiger partial charge on any atom is -0.394 e. The van der Waals surface area contributed by atoms with Crippen molar-refractivity contribution >= 4 is 34.4 Å². The zero-order chi connectivity index (χ0) is 23.1. The smallest absolute Gasteiger partial charge is 0.228 e. The summed E-state index contributed by atoms with van der Waals surface area (Å²) in [6, 6.07) is 14.1. The highest BCUT2D eigenvalue weighted by atomic mass is 16.5. The number of imidazole rings is 1. The number of carbonyl (C=O) groups is 1. The fourth-order valence-corrected chi connectivity index (χ4v) is 4.48. The van der Waals surface area contributed by atoms with Gasteiger partial charge in [0.25, 0.3) is 0 Å². The monoisotopic (exact) mass is 456 g/mol. The molecule has 0 radical (unpaired) electrons. The van der Waals surface area contributed by atoms with Gasteiger partial charge < -0.3 is 29.8 Å². The number of hydrogen-bond acceptors (Lipinski definition) is 7. The Morgan fingerprint density at radius 1 is 1.21 bits per heavy atom. The number of nitrogens with zero attached hydrogens (tertiary/aromatic N) is 4. The van der Waals surface area contributed by atoms with Gasteiger partial charge in [-0.2, -0.15) is 0 Å². The van der Waals surface area contributed by atoms with Gasteiger partial charge in [-0.05, 0) is 35.9 Å². The average molecular weight is 457 g/mol. The molecule has 172 valence electrons. The Bertz CT molecular complexity index is 1370. The highest BCUT2D eigenvalue weighted by Crippen LogP contribution is 2.31. The van der Waals surface area contributed by atoms with Crippen LogP contribution in [-0.4, -0.2) is 57.8 Å². The first-order valence-corrected chi connectivity index (χ1v) is 11.3. The van der Waals surface area contributed by atoms with Crippen molar-refractivity contribution in [3.63, 3.8) is 0 Å². The van der Waals surface area contributed by atoms with Crippen molar-refractivity contribution in [1.29, 1.82) is 0 Å². The van der Waals surface area contributed by atoms with Crippen LogP contribution in [-0.2, 0) is 16.0 Å². The number of ether oxygens (including phenoxy) is 1. The summed E-state index contributed by atoms with van der Waals surface area (Å²) in [5.41, 5.74) is 6.23. The molecule has 0 bridgehead atoms. The van der Waals surface area contributed by atoms with Gasteiger partial charge in [-0.25, -0.2) is 9.97 Å². The lowest BCUT2D eigenvalue weighted by atomic mass is 10.1. The van der Waals surface area contributed by atoms with Crippen molar-refractivity contribution in [2.24, 2.45) is 0 Å². The van der Waals surface area contributed by atoms with Crippen LogP contribution in [0.3, 0.4) is 0 Å². The molecule has 1 atom stereocenters. The number of nitrogens with one attached hydrogen (secondary N) is 2. The summed E-state index contributed by atoms with van der Waals surface area (Å²) < 4.78 is 7.49. The lowest BCUT2D eigenvalue weighted by Crippen LogP contribution is -2.44. The van der Waals surface area contributed by atoms with Crippen LogP contribution in [0.15, 0.2) is 61.1 Å². The Hall–Kier alpha value is -3.95. The fraction of sp³-hybridized carbons (Fsp3) is 0.240. The van der Waals surface area contributed by atoms with Crippen molar-refractivity contribution in [2.45, 2.75) is 12.5 Å². The first-order chi connectivity index (χ1) is 16.7. The lowest BCUT2D eigenvalue weighted by molar-refractivity contribution is -0.115. The van der Waals surface area contributed by atoms with E-state index in [-0.39, 0.29) is 18.6 Å². The molecule has 2 aliphatic rings. The first-order valence-electron chi connectivity index (χ1n) is 11.3. The predicted octanol–water partition coefficient (Wildman–Crippen LogP) is 2.83. The Balaban J connectivity index is 1.28. The SMILES string of the molecule is O=C1Cc2ccc(-c3cn4ccnc4c(Nc4ccc(N5CCOC(CO)C5)cc4)n3)cc2N1. The second kappa shape index (κ2) is 8.44. The third-order valence-electron chi connectivity index (χ3n) is 6.24. The number of amides is 1. The van der Waals surface area contributed by atoms with Crippen LogP contribution in [0.25, 0.3) is 16.9 Å². The number of anilines is 4. The Labute approximate surface area is 196 Å². The number of rotatable bonds is 5. The number of hydrogen-bond donors (Lipinski definition) is 3. The molecule has 1 amide bonds. The van der Waals surface area contributed by atoms with E-state index in [9.17, 15) is 9.90 Å². The standard InChI is InChI=1S/C25H24N6O3/c32-15-20-13-30(9-10-34-20)19-5-3-18(4-6-19)27-24-25-26-7-8-31(25)14-22(29-24)16-1-2-17-12-23(33)28-21(17)11-16/h1-8,11,14,20,32H,9-10,12-13,15H2,(H,27,29)(H,28,33). The summed E-state index contributed by atoms with van der Waals surface area (Å²) in [6.45, 7) is 2.09. The molecule has 9 heteroatoms. The van der Waals surface area contributed by atoms with E-state index in [2.05, 4.69) is 32.7 Å². The van der Waals surface area contributed by atoms with Crippen LogP contribution >= 0.6 is 0 Å². The van der Waals surface area contributed by atoms with E-state index >= 15 is 0 Å². The average Bonchev–Trinajstić information content (AvgIpc) is 3.49. The topological polar surface area (TPSA) is 104 Å². The van der Waals surface area contributed by atoms with Gasteiger partial charge in [0.2, 0.25) is 5.91 Å². The maximum absolute atomic E-state index is 11.7. The number of fused-ring (bicyclic) bond motifs is 2. The van der Waals surface area contributed by atoms with Crippen molar-refractivity contribution < 1.29 is 14.6 Å². The van der Waals surface area contributed by atoms with E-state index in [1.165, 1.54) is 0 Å². The zero-order valence-electron chi connectivity index (χ0n) is 18.4. The maximum Gasteiger partial charge on any atom is 0.228 e. The summed E-state index contributed by atoms with van der Waals surface area (Å²) >= 11 is 0. The third kappa shape index (κ3) is 3.85. The van der Waals surface area contributed by atoms with E-state index in [0.29, 0.717) is 25.4 Å². The van der Waals surface area contributed by atoms with Crippen molar-refractivity contribution in [2.75, 3.05) is 41.8 Å². The number of aliphatic hydroxyl groups excluding tert-OH is 1. The highest BCUT2D eigenvalue weighted by molar-refractivity contribution is 5.99. The van der Waals surface area contributed by atoms with E-state index in [4.69, 9.17) is 9.72 Å². The van der Waals surface area contributed by atoms with Crippen LogP contribution in [0.4, 0.5) is 22.9 Å². The second-order valence-corrected chi connectivity index (χ2v) is 8.52. The van der Waals surface area contributed by atoms with Gasteiger partial charge in [-0.1, -0.05) is 12.1 Å². The molecule has 2 aromatic carbocycles. The fourth-order valence-electron chi connectivity index (χ4n) is 4.48. The molecule has 4 heterocycles. The Morgan fingerprint density at radius 3 is 2.94 bits per heavy atom. The molecule has 0 saturated carbocycles. The molecule has 0 aliphatic carbocycles. The molecule has 1 unspecified atom stereocenters. The molecule has 2 aromatic heterocycles. The predicted molar refractivity (Wildman–Crippen MR) is 130 cm³/mol. The zero-order valence-corrected chi connectivity index (χ0v) is 18.4. The number of aliphatic hydroxyl groups is 1. The van der Waals surface area contributed by atoms with Gasteiger partial charge in [-0.3, -0.25) is 4.79 Å². The second-order valence-electron chi connectivity index (χ2n) is 8.52. The number of aromatic nitrogens is 3. The minimum absolute atomic E-state index is 0.0138. The number of carbonyl (C=O) groups excluding carboxylic acids is 1. The van der Waals surface area contributed by atoms with E-state index in [0.717, 1.165) is 46.1 Å². The first kappa shape index (κ1) is 20.6. The van der Waals surface area contributed by atoms with Gasteiger partial charge >= 0.3 is 0 Å². The van der Waals surface area contributed by atoms with Gasteiger partial charge in [0.05, 0.1) is 31.4 Å². The summed E-state index contributed by atoms with van der Waals surface area (Å²) in [5.74, 6) is 0.659. The van der Waals surface area contributed by atoms with Crippen molar-refractivity contribution in [1.82, 2.24) is 14.4 Å². The molecule has 9 nitrogen and oxygen atoms in total. The molecule has 4 aromatic rings. The maximum atomic E-state index is 11.7. The van der Waals surface area contributed by atoms with Crippen molar-refractivity contribution in [3.8, 4) is 11.3 Å². The summed E-state index contributed by atoms with van der Waals surface area (Å²) in [4.78, 5) is 23.3. The quantitative estimate of drug-likeness (QED) is 0.424. The molecule has 1 saturated heterocycles. The molecular weight excluding hydrogens is 432 g/mol. The summed E-state index contributed by atoms with van der Waals surface area (Å²) in [6.07, 6.45) is 5.83. The van der Waals surface area contributed by atoms with Gasteiger partial charge in [0, 0.05) is 54.3 Å². The largest absolute Gasteiger partial charge is 0.394 e. The lowest BCUT2D eigenvalue weighted by Gasteiger charge is -2.33.